The fourth-order valence-electron chi connectivity index (χ4n) is 2.33. The van der Waals surface area contributed by atoms with Crippen molar-refractivity contribution in [3.63, 3.8) is 0 Å². The van der Waals surface area contributed by atoms with Gasteiger partial charge in [-0.3, -0.25) is 4.79 Å². The molecule has 0 saturated heterocycles. The highest BCUT2D eigenvalue weighted by atomic mass is 32.1. The van der Waals surface area contributed by atoms with Crippen molar-refractivity contribution in [2.45, 2.75) is 33.1 Å². The molecule has 0 fully saturated rings. The number of aromatic nitrogens is 1. The first-order valence-corrected chi connectivity index (χ1v) is 9.54. The molecule has 3 rings (SSSR count). The van der Waals surface area contributed by atoms with Crippen molar-refractivity contribution in [3.05, 3.63) is 70.1 Å². The first kappa shape index (κ1) is 19.6. The van der Waals surface area contributed by atoms with Gasteiger partial charge in [0.2, 0.25) is 0 Å². The van der Waals surface area contributed by atoms with Crippen LogP contribution in [0.2, 0.25) is 0 Å². The summed E-state index contributed by atoms with van der Waals surface area (Å²) in [5, 5.41) is 5.58. The second kappa shape index (κ2) is 9.18. The van der Waals surface area contributed by atoms with Crippen LogP contribution in [0.25, 0.3) is 0 Å². The van der Waals surface area contributed by atoms with Crippen molar-refractivity contribution in [1.82, 2.24) is 10.3 Å². The van der Waals surface area contributed by atoms with Crippen LogP contribution in [0.4, 0.5) is 0 Å². The van der Waals surface area contributed by atoms with Gasteiger partial charge in [-0.1, -0.05) is 0 Å². The summed E-state index contributed by atoms with van der Waals surface area (Å²) in [6, 6.07) is 10.0. The second-order valence-corrected chi connectivity index (χ2v) is 7.08. The molecule has 0 radical (unpaired) electrons. The van der Waals surface area contributed by atoms with Crippen LogP contribution in [-0.2, 0) is 22.7 Å². The van der Waals surface area contributed by atoms with E-state index in [2.05, 4.69) is 10.3 Å². The zero-order chi connectivity index (χ0) is 19.9. The van der Waals surface area contributed by atoms with E-state index in [1.807, 2.05) is 12.3 Å². The standard InChI is InChI=1S/C20H20N2O5S/c1-13(19(23)21-10-18-4-3-9-25-18)27-20(24)15-5-7-17(8-6-15)26-11-16-12-28-14(2)22-16/h3-9,12-13H,10-11H2,1-2H3,(H,21,23)/t13-/m0/s1. The number of furan rings is 1. The van der Waals surface area contributed by atoms with E-state index in [0.717, 1.165) is 10.7 Å². The molecule has 0 saturated carbocycles. The second-order valence-electron chi connectivity index (χ2n) is 6.02. The van der Waals surface area contributed by atoms with Gasteiger partial charge in [-0.05, 0) is 50.2 Å². The summed E-state index contributed by atoms with van der Waals surface area (Å²) in [5.41, 5.74) is 1.20. The maximum absolute atomic E-state index is 12.2. The number of nitrogens with one attached hydrogen (secondary N) is 1. The highest BCUT2D eigenvalue weighted by Crippen LogP contribution is 2.16. The molecule has 0 aliphatic heterocycles. The van der Waals surface area contributed by atoms with Crippen LogP contribution in [-0.4, -0.2) is 23.0 Å². The molecule has 2 aromatic heterocycles. The van der Waals surface area contributed by atoms with Crippen molar-refractivity contribution in [1.29, 1.82) is 0 Å². The molecule has 28 heavy (non-hydrogen) atoms. The molecular weight excluding hydrogens is 380 g/mol. The Morgan fingerprint density at radius 1 is 1.25 bits per heavy atom. The van der Waals surface area contributed by atoms with Crippen molar-refractivity contribution in [2.75, 3.05) is 0 Å². The fraction of sp³-hybridized carbons (Fsp3) is 0.250. The Labute approximate surface area is 166 Å². The molecule has 146 valence electrons. The molecule has 0 unspecified atom stereocenters. The van der Waals surface area contributed by atoms with Gasteiger partial charge >= 0.3 is 5.97 Å². The van der Waals surface area contributed by atoms with Gasteiger partial charge in [-0.15, -0.1) is 11.3 Å². The Bertz CT molecular complexity index is 918. The first-order chi connectivity index (χ1) is 13.5. The van der Waals surface area contributed by atoms with E-state index in [4.69, 9.17) is 13.9 Å². The normalized spacial score (nSPS) is 11.6. The van der Waals surface area contributed by atoms with Crippen LogP contribution in [0.5, 0.6) is 5.75 Å². The monoisotopic (exact) mass is 400 g/mol. The van der Waals surface area contributed by atoms with E-state index in [9.17, 15) is 9.59 Å². The van der Waals surface area contributed by atoms with Gasteiger partial charge in [-0.2, -0.15) is 0 Å². The number of carbonyl (C=O) groups excluding carboxylic acids is 2. The minimum atomic E-state index is -0.925. The molecule has 0 aliphatic carbocycles. The number of rotatable bonds is 8. The summed E-state index contributed by atoms with van der Waals surface area (Å²) in [6.45, 7) is 4.05. The van der Waals surface area contributed by atoms with Crippen molar-refractivity contribution < 1.29 is 23.5 Å². The molecule has 0 bridgehead atoms. The summed E-state index contributed by atoms with van der Waals surface area (Å²) >= 11 is 1.57. The van der Waals surface area contributed by atoms with Crippen LogP contribution in [0.1, 0.15) is 33.7 Å². The van der Waals surface area contributed by atoms with Crippen LogP contribution in [0, 0.1) is 6.92 Å². The molecule has 2 heterocycles. The van der Waals surface area contributed by atoms with Crippen molar-refractivity contribution in [2.24, 2.45) is 0 Å². The molecule has 0 aliphatic rings. The fourth-order valence-corrected chi connectivity index (χ4v) is 2.93. The van der Waals surface area contributed by atoms with Crippen LogP contribution in [0.3, 0.4) is 0 Å². The Kier molecular flexibility index (Phi) is 6.44. The van der Waals surface area contributed by atoms with E-state index in [0.29, 0.717) is 23.7 Å². The van der Waals surface area contributed by atoms with Gasteiger partial charge in [-0.25, -0.2) is 9.78 Å². The predicted molar refractivity (Wildman–Crippen MR) is 103 cm³/mol. The van der Waals surface area contributed by atoms with E-state index in [1.165, 1.54) is 13.2 Å². The van der Waals surface area contributed by atoms with E-state index < -0.39 is 18.0 Å². The number of hydrogen-bond acceptors (Lipinski definition) is 7. The number of ether oxygens (including phenoxy) is 2. The number of aryl methyl sites for hydroxylation is 1. The molecule has 1 aromatic carbocycles. The van der Waals surface area contributed by atoms with Gasteiger partial charge in [0.25, 0.3) is 5.91 Å². The minimum absolute atomic E-state index is 0.234. The lowest BCUT2D eigenvalue weighted by Gasteiger charge is -2.13. The van der Waals surface area contributed by atoms with E-state index in [1.54, 1.807) is 47.7 Å². The molecule has 7 nitrogen and oxygen atoms in total. The molecule has 1 amide bonds. The van der Waals surface area contributed by atoms with Gasteiger partial charge in [0.1, 0.15) is 18.1 Å². The van der Waals surface area contributed by atoms with Gasteiger partial charge in [0, 0.05) is 5.38 Å². The molecular formula is C20H20N2O5S. The number of carbonyl (C=O) groups is 2. The predicted octanol–water partition coefficient (Wildman–Crippen LogP) is 3.49. The molecule has 3 aromatic rings. The van der Waals surface area contributed by atoms with Gasteiger partial charge < -0.3 is 19.2 Å². The quantitative estimate of drug-likeness (QED) is 0.582. The van der Waals surface area contributed by atoms with Crippen LogP contribution in [0.15, 0.2) is 52.5 Å². The molecule has 1 N–H and O–H groups in total. The van der Waals surface area contributed by atoms with Crippen LogP contribution >= 0.6 is 11.3 Å². The lowest BCUT2D eigenvalue weighted by molar-refractivity contribution is -0.129. The maximum atomic E-state index is 12.2. The number of amides is 1. The number of esters is 1. The smallest absolute Gasteiger partial charge is 0.338 e. The molecule has 0 spiro atoms. The number of hydrogen-bond donors (Lipinski definition) is 1. The number of nitrogens with zero attached hydrogens (tertiary/aromatic N) is 1. The summed E-state index contributed by atoms with van der Waals surface area (Å²) in [6.07, 6.45) is 0.599. The average Bonchev–Trinajstić information content (AvgIpc) is 3.36. The minimum Gasteiger partial charge on any atom is -0.487 e. The summed E-state index contributed by atoms with van der Waals surface area (Å²) in [4.78, 5) is 28.6. The Morgan fingerprint density at radius 2 is 2.04 bits per heavy atom. The lowest BCUT2D eigenvalue weighted by Crippen LogP contribution is -2.35. The third-order valence-electron chi connectivity index (χ3n) is 3.81. The molecule has 8 heteroatoms. The summed E-state index contributed by atoms with van der Waals surface area (Å²) < 4.78 is 16.0. The Morgan fingerprint density at radius 3 is 2.68 bits per heavy atom. The van der Waals surface area contributed by atoms with E-state index >= 15 is 0 Å². The SMILES string of the molecule is Cc1nc(COc2ccc(C(=O)O[C@@H](C)C(=O)NCc3ccco3)cc2)cs1. The number of benzene rings is 1. The summed E-state index contributed by atoms with van der Waals surface area (Å²) in [7, 11) is 0. The zero-order valence-electron chi connectivity index (χ0n) is 15.5. The van der Waals surface area contributed by atoms with Crippen molar-refractivity contribution in [3.8, 4) is 5.75 Å². The highest BCUT2D eigenvalue weighted by Gasteiger charge is 2.19. The van der Waals surface area contributed by atoms with Gasteiger partial charge in [0.05, 0.1) is 29.1 Å². The third kappa shape index (κ3) is 5.43. The Hall–Kier alpha value is -3.13. The summed E-state index contributed by atoms with van der Waals surface area (Å²) in [5.74, 6) is 0.257. The lowest BCUT2D eigenvalue weighted by atomic mass is 10.2. The van der Waals surface area contributed by atoms with Crippen LogP contribution < -0.4 is 10.1 Å². The topological polar surface area (TPSA) is 90.7 Å². The molecule has 1 atom stereocenters. The largest absolute Gasteiger partial charge is 0.487 e. The van der Waals surface area contributed by atoms with Gasteiger partial charge in [0.15, 0.2) is 6.10 Å². The maximum Gasteiger partial charge on any atom is 0.338 e. The Balaban J connectivity index is 1.47. The first-order valence-electron chi connectivity index (χ1n) is 8.66. The highest BCUT2D eigenvalue weighted by molar-refractivity contribution is 7.09. The zero-order valence-corrected chi connectivity index (χ0v) is 16.3. The third-order valence-corrected chi connectivity index (χ3v) is 4.64. The average molecular weight is 400 g/mol. The van der Waals surface area contributed by atoms with E-state index in [-0.39, 0.29) is 6.54 Å². The van der Waals surface area contributed by atoms with Crippen molar-refractivity contribution >= 4 is 23.2 Å². The number of thiazole rings is 1.